The number of phosphoric acid groups is 1. The van der Waals surface area contributed by atoms with E-state index in [1.807, 2.05) is 30.3 Å². The number of ether oxygens (including phenoxy) is 4. The number of halogens is 1. The highest BCUT2D eigenvalue weighted by Gasteiger charge is 2.33. The normalized spacial score (nSPS) is 13.1. The third-order valence-corrected chi connectivity index (χ3v) is 20.6. The van der Waals surface area contributed by atoms with Crippen LogP contribution in [0.5, 0.6) is 0 Å². The highest BCUT2D eigenvalue weighted by molar-refractivity contribution is 9.09. The minimum Gasteiger partial charge on any atom is -0.462 e. The van der Waals surface area contributed by atoms with Gasteiger partial charge < -0.3 is 24.3 Å². The quantitative estimate of drug-likeness (QED) is 0.0214. The summed E-state index contributed by atoms with van der Waals surface area (Å²) in [6, 6.07) is 9.18. The fraction of sp³-hybridized carbons (Fsp3) is 0.863. The van der Waals surface area contributed by atoms with Crippen LogP contribution in [-0.4, -0.2) is 81.6 Å². The van der Waals surface area contributed by atoms with Gasteiger partial charge in [0.15, 0.2) is 12.2 Å². The lowest BCUT2D eigenvalue weighted by atomic mass is 10.0. The monoisotopic (exact) mass is 1440 g/mol. The number of benzene rings is 1. The van der Waals surface area contributed by atoms with Crippen molar-refractivity contribution in [2.24, 2.45) is 0 Å². The van der Waals surface area contributed by atoms with Crippen LogP contribution < -0.4 is 5.32 Å². The van der Waals surface area contributed by atoms with Crippen LogP contribution in [0.1, 0.15) is 398 Å². The summed E-state index contributed by atoms with van der Waals surface area (Å²) in [6.45, 7) is 6.81. The van der Waals surface area contributed by atoms with Gasteiger partial charge in [0.25, 0.3) is 0 Å². The molecule has 0 aromatic heterocycles. The summed E-state index contributed by atoms with van der Waals surface area (Å²) in [5.41, 5.74) is 0.743. The summed E-state index contributed by atoms with van der Waals surface area (Å²) < 4.78 is 56.0. The van der Waals surface area contributed by atoms with Gasteiger partial charge in [-0.2, -0.15) is 0 Å². The van der Waals surface area contributed by atoms with Crippen molar-refractivity contribution >= 4 is 53.5 Å². The lowest BCUT2D eigenvalue weighted by Gasteiger charge is -2.24. The van der Waals surface area contributed by atoms with Crippen LogP contribution in [0.25, 0.3) is 0 Å². The molecule has 0 radical (unpaired) electrons. The molecule has 1 rings (SSSR count). The predicted molar refractivity (Wildman–Crippen MR) is 400 cm³/mol. The van der Waals surface area contributed by atoms with Gasteiger partial charge in [-0.25, -0.2) is 4.57 Å². The van der Waals surface area contributed by atoms with Crippen molar-refractivity contribution in [1.82, 2.24) is 5.32 Å². The number of esters is 4. The molecule has 560 valence electrons. The van der Waals surface area contributed by atoms with E-state index in [2.05, 4.69) is 48.9 Å². The Morgan fingerprint density at radius 1 is 0.344 bits per heavy atom. The third-order valence-electron chi connectivity index (χ3n) is 18.2. The zero-order valence-corrected chi connectivity index (χ0v) is 64.6. The number of alkyl halides is 1. The number of amides is 1. The summed E-state index contributed by atoms with van der Waals surface area (Å²) >= 11 is 3.47. The number of unbranched alkanes of at least 4 members (excludes halogenated alkanes) is 48. The lowest BCUT2D eigenvalue weighted by Crippen LogP contribution is -2.32. The number of rotatable bonds is 74. The first-order valence-corrected chi connectivity index (χ1v) is 42.5. The maximum absolute atomic E-state index is 14.9. The van der Waals surface area contributed by atoms with E-state index in [4.69, 9.17) is 32.5 Å². The maximum atomic E-state index is 14.9. The highest BCUT2D eigenvalue weighted by atomic mass is 79.9. The molecule has 0 aliphatic heterocycles. The molecule has 1 aromatic rings. The Hall–Kier alpha value is -2.84. The SMILES string of the molecule is CCCCCCCCCCCCCCCC(=O)OCC(COP(=O)(OCCNC(=O)C(Br)c1ccccc1)OCC(COC(=O)CCCCCCCCCCCCCCC)OC(=O)CCCCCCCCCCCCCCC)OC(=O)CCCCCCCCCCCCCCC. The molecule has 16 heteroatoms. The average Bonchev–Trinajstić information content (AvgIpc) is 2.02. The zero-order valence-electron chi connectivity index (χ0n) is 62.1. The molecular formula is C80H145BrNO13P. The highest BCUT2D eigenvalue weighted by Crippen LogP contribution is 2.50. The molecule has 0 fully saturated rings. The first-order valence-electron chi connectivity index (χ1n) is 40.2. The minimum absolute atomic E-state index is 0.0901. The Balaban J connectivity index is 3.18. The number of phosphoric ester groups is 1. The van der Waals surface area contributed by atoms with E-state index < -0.39 is 61.9 Å². The van der Waals surface area contributed by atoms with Gasteiger partial charge in [-0.05, 0) is 31.2 Å². The van der Waals surface area contributed by atoms with Crippen molar-refractivity contribution in [2.75, 3.05) is 39.6 Å². The van der Waals surface area contributed by atoms with Gasteiger partial charge in [0.05, 0.1) is 19.8 Å². The second kappa shape index (κ2) is 69.3. The van der Waals surface area contributed by atoms with E-state index in [0.717, 1.165) is 82.6 Å². The van der Waals surface area contributed by atoms with Crippen molar-refractivity contribution in [2.45, 2.75) is 404 Å². The summed E-state index contributed by atoms with van der Waals surface area (Å²) in [7, 11) is -4.67. The van der Waals surface area contributed by atoms with Gasteiger partial charge in [-0.15, -0.1) is 0 Å². The molecule has 0 saturated carbocycles. The molecule has 3 unspecified atom stereocenters. The molecule has 1 N–H and O–H groups in total. The number of hydrogen-bond acceptors (Lipinski definition) is 13. The predicted octanol–water partition coefficient (Wildman–Crippen LogP) is 24.2. The molecule has 14 nitrogen and oxygen atoms in total. The average molecular weight is 1440 g/mol. The van der Waals surface area contributed by atoms with Crippen LogP contribution >= 0.6 is 23.8 Å². The fourth-order valence-electron chi connectivity index (χ4n) is 12.0. The second-order valence-electron chi connectivity index (χ2n) is 27.5. The van der Waals surface area contributed by atoms with Crippen LogP contribution in [0, 0.1) is 0 Å². The maximum Gasteiger partial charge on any atom is 0.475 e. The summed E-state index contributed by atoms with van der Waals surface area (Å²) in [4.78, 5) is 66.1. The van der Waals surface area contributed by atoms with Gasteiger partial charge in [0.1, 0.15) is 18.0 Å². The first kappa shape index (κ1) is 91.2. The second-order valence-corrected chi connectivity index (χ2v) is 30.1. The minimum atomic E-state index is -4.67. The van der Waals surface area contributed by atoms with Crippen molar-refractivity contribution < 1.29 is 61.1 Å². The number of carbonyl (C=O) groups excluding carboxylic acids is 5. The molecule has 96 heavy (non-hydrogen) atoms. The molecule has 3 atom stereocenters. The van der Waals surface area contributed by atoms with Gasteiger partial charge in [-0.1, -0.05) is 382 Å². The summed E-state index contributed by atoms with van der Waals surface area (Å²) in [5, 5.41) is 2.80. The Bertz CT molecular complexity index is 1880. The number of carbonyl (C=O) groups is 5. The van der Waals surface area contributed by atoms with Crippen molar-refractivity contribution in [3.8, 4) is 0 Å². The van der Waals surface area contributed by atoms with Crippen molar-refractivity contribution in [3.63, 3.8) is 0 Å². The van der Waals surface area contributed by atoms with Crippen LogP contribution in [0.3, 0.4) is 0 Å². The van der Waals surface area contributed by atoms with E-state index in [-0.39, 0.29) is 58.0 Å². The molecule has 0 heterocycles. The van der Waals surface area contributed by atoms with Gasteiger partial charge >= 0.3 is 31.7 Å². The fourth-order valence-corrected chi connectivity index (χ4v) is 13.7. The van der Waals surface area contributed by atoms with Gasteiger partial charge in [0.2, 0.25) is 5.91 Å². The van der Waals surface area contributed by atoms with Crippen LogP contribution in [0.2, 0.25) is 0 Å². The Morgan fingerprint density at radius 3 is 0.865 bits per heavy atom. The van der Waals surface area contributed by atoms with Gasteiger partial charge in [0, 0.05) is 32.2 Å². The van der Waals surface area contributed by atoms with Crippen LogP contribution in [0.15, 0.2) is 30.3 Å². The Kier molecular flexibility index (Phi) is 65.8. The molecule has 1 amide bonds. The molecular weight excluding hydrogens is 1290 g/mol. The third kappa shape index (κ3) is 60.0. The molecule has 0 aliphatic rings. The van der Waals surface area contributed by atoms with E-state index in [1.165, 1.54) is 231 Å². The number of hydrogen-bond donors (Lipinski definition) is 1. The molecule has 0 saturated heterocycles. The van der Waals surface area contributed by atoms with Gasteiger partial charge in [-0.3, -0.25) is 37.5 Å². The number of nitrogens with one attached hydrogen (secondary N) is 1. The van der Waals surface area contributed by atoms with E-state index in [9.17, 15) is 28.5 Å². The van der Waals surface area contributed by atoms with Crippen molar-refractivity contribution in [1.29, 1.82) is 0 Å². The first-order chi connectivity index (χ1) is 47.0. The van der Waals surface area contributed by atoms with Crippen LogP contribution in [-0.2, 0) is 61.1 Å². The smallest absolute Gasteiger partial charge is 0.462 e. The summed E-state index contributed by atoms with van der Waals surface area (Å²) in [6.07, 6.45) is 59.4. The molecule has 1 aromatic carbocycles. The van der Waals surface area contributed by atoms with E-state index in [0.29, 0.717) is 25.7 Å². The zero-order chi connectivity index (χ0) is 69.7. The standard InChI is InChI=1S/C80H145BrNO13P/c1-5-9-13-17-21-25-29-33-37-41-45-49-56-62-75(83)89-68-73(94-77(85)64-58-51-47-43-39-35-31-27-23-19-15-11-7-3)70-92-96(88,91-67-66-82-80(87)79(81)72-60-54-53-55-61-72)93-71-74(95-78(86)65-59-52-48-44-40-36-32-28-24-20-16-12-8-4)69-90-76(84)63-57-50-46-42-38-34-30-26-22-18-14-10-6-2/h53-55,60-61,73-74,79H,5-52,56-59,62-71H2,1-4H3,(H,82,87). The lowest BCUT2D eigenvalue weighted by molar-refractivity contribution is -0.162. The van der Waals surface area contributed by atoms with Crippen LogP contribution in [0.4, 0.5) is 0 Å². The molecule has 0 bridgehead atoms. The summed E-state index contributed by atoms with van der Waals surface area (Å²) in [5.74, 6) is -2.23. The Morgan fingerprint density at radius 2 is 0.594 bits per heavy atom. The Labute approximate surface area is 596 Å². The molecule has 0 spiro atoms. The molecule has 0 aliphatic carbocycles. The van der Waals surface area contributed by atoms with E-state index in [1.54, 1.807) is 0 Å². The topological polar surface area (TPSA) is 179 Å². The van der Waals surface area contributed by atoms with Crippen molar-refractivity contribution in [3.05, 3.63) is 35.9 Å². The van der Waals surface area contributed by atoms with E-state index >= 15 is 0 Å². The largest absolute Gasteiger partial charge is 0.475 e.